The second-order valence-corrected chi connectivity index (χ2v) is 2.40. The molecule has 1 rings (SSSR count). The second-order valence-electron chi connectivity index (χ2n) is 2.40. The Hall–Kier alpha value is -0.0151. The Morgan fingerprint density at radius 1 is 1.75 bits per heavy atom. The van der Waals surface area contributed by atoms with Gasteiger partial charge in [-0.25, -0.2) is 0 Å². The Bertz CT molecular complexity index is 68.8. The molecule has 0 N–H and O–H groups in total. The molecule has 0 bridgehead atoms. The Balaban J connectivity index is 2.28. The Labute approximate surface area is 51.2 Å². The van der Waals surface area contributed by atoms with E-state index in [1.807, 2.05) is 0 Å². The van der Waals surface area contributed by atoms with Gasteiger partial charge >= 0.3 is 0 Å². The highest BCUT2D eigenvalue weighted by Crippen LogP contribution is 1.97. The minimum atomic E-state index is 0.615. The summed E-state index contributed by atoms with van der Waals surface area (Å²) >= 11 is 0. The molecule has 2 nitrogen and oxygen atoms in total. The molecule has 8 heavy (non-hydrogen) atoms. The number of ether oxygens (including phenoxy) is 1. The molecule has 0 saturated carbocycles. The molecule has 0 spiro atoms. The van der Waals surface area contributed by atoms with Gasteiger partial charge in [-0.05, 0) is 7.05 Å². The summed E-state index contributed by atoms with van der Waals surface area (Å²) in [5.74, 6) is 0.615. The lowest BCUT2D eigenvalue weighted by Crippen LogP contribution is -2.42. The van der Waals surface area contributed by atoms with Crippen LogP contribution in [0.25, 0.3) is 0 Å². The SMILES string of the molecule is BC1COCCN1C. The maximum Gasteiger partial charge on any atom is 0.126 e. The maximum atomic E-state index is 5.21. The highest BCUT2D eigenvalue weighted by Gasteiger charge is 2.12. The van der Waals surface area contributed by atoms with Crippen molar-refractivity contribution in [3.63, 3.8) is 0 Å². The second kappa shape index (κ2) is 2.51. The van der Waals surface area contributed by atoms with Crippen molar-refractivity contribution in [2.45, 2.75) is 5.94 Å². The van der Waals surface area contributed by atoms with E-state index in [-0.39, 0.29) is 0 Å². The van der Waals surface area contributed by atoms with Crippen molar-refractivity contribution in [3.8, 4) is 0 Å². The number of nitrogens with zero attached hydrogens (tertiary/aromatic N) is 1. The van der Waals surface area contributed by atoms with Crippen LogP contribution < -0.4 is 0 Å². The molecule has 1 unspecified atom stereocenters. The predicted molar refractivity (Wildman–Crippen MR) is 35.8 cm³/mol. The topological polar surface area (TPSA) is 12.5 Å². The van der Waals surface area contributed by atoms with Crippen LogP contribution in [-0.2, 0) is 4.74 Å². The third kappa shape index (κ3) is 1.23. The standard InChI is InChI=1S/C5H12BNO/c1-7-2-3-8-4-5(7)6/h5H,2-4,6H2,1H3. The van der Waals surface area contributed by atoms with E-state index < -0.39 is 0 Å². The summed E-state index contributed by atoms with van der Waals surface area (Å²) in [5, 5.41) is 0. The van der Waals surface area contributed by atoms with Crippen molar-refractivity contribution in [1.29, 1.82) is 0 Å². The molecule has 1 heterocycles. The lowest BCUT2D eigenvalue weighted by Gasteiger charge is -2.29. The molecule has 0 radical (unpaired) electrons. The first kappa shape index (κ1) is 6.11. The molecule has 0 amide bonds. The van der Waals surface area contributed by atoms with Gasteiger partial charge < -0.3 is 9.64 Å². The molecule has 1 aliphatic rings. The summed E-state index contributed by atoms with van der Waals surface area (Å²) in [4.78, 5) is 2.31. The van der Waals surface area contributed by atoms with Crippen LogP contribution in [0, 0.1) is 0 Å². The molecule has 1 saturated heterocycles. The molecule has 46 valence electrons. The van der Waals surface area contributed by atoms with E-state index in [9.17, 15) is 0 Å². The summed E-state index contributed by atoms with van der Waals surface area (Å²) < 4.78 is 5.21. The van der Waals surface area contributed by atoms with Crippen LogP contribution in [0.3, 0.4) is 0 Å². The summed E-state index contributed by atoms with van der Waals surface area (Å²) in [6.07, 6.45) is 0. The van der Waals surface area contributed by atoms with E-state index >= 15 is 0 Å². The minimum Gasteiger partial charge on any atom is -0.379 e. The van der Waals surface area contributed by atoms with Crippen molar-refractivity contribution in [3.05, 3.63) is 0 Å². The number of hydrogen-bond acceptors (Lipinski definition) is 2. The molecule has 0 aromatic rings. The average Bonchev–Trinajstić information content (AvgIpc) is 1.77. The van der Waals surface area contributed by atoms with Gasteiger partial charge in [0.15, 0.2) is 0 Å². The van der Waals surface area contributed by atoms with Crippen molar-refractivity contribution in [2.75, 3.05) is 26.8 Å². The zero-order valence-corrected chi connectivity index (χ0v) is 5.55. The van der Waals surface area contributed by atoms with E-state index in [4.69, 9.17) is 4.74 Å². The Morgan fingerprint density at radius 2 is 2.50 bits per heavy atom. The zero-order chi connectivity index (χ0) is 5.98. The molecule has 0 aliphatic carbocycles. The van der Waals surface area contributed by atoms with E-state index in [0.717, 1.165) is 19.8 Å². The van der Waals surface area contributed by atoms with Gasteiger partial charge in [0, 0.05) is 12.5 Å². The van der Waals surface area contributed by atoms with Gasteiger partial charge in [0.25, 0.3) is 0 Å². The molecule has 0 aromatic carbocycles. The van der Waals surface area contributed by atoms with Crippen LogP contribution >= 0.6 is 0 Å². The highest BCUT2D eigenvalue weighted by atomic mass is 16.5. The van der Waals surface area contributed by atoms with E-state index in [0.29, 0.717) is 5.94 Å². The summed E-state index contributed by atoms with van der Waals surface area (Å²) in [7, 11) is 4.31. The fraction of sp³-hybridized carbons (Fsp3) is 1.00. The first-order chi connectivity index (χ1) is 3.80. The van der Waals surface area contributed by atoms with Crippen molar-refractivity contribution in [2.24, 2.45) is 0 Å². The van der Waals surface area contributed by atoms with Crippen LogP contribution in [0.1, 0.15) is 0 Å². The van der Waals surface area contributed by atoms with Crippen LogP contribution in [-0.4, -0.2) is 45.5 Å². The quantitative estimate of drug-likeness (QED) is 0.370. The minimum absolute atomic E-state index is 0.615. The molecule has 3 heteroatoms. The van der Waals surface area contributed by atoms with E-state index in [1.165, 1.54) is 0 Å². The number of hydrogen-bond donors (Lipinski definition) is 0. The maximum absolute atomic E-state index is 5.21. The number of rotatable bonds is 0. The first-order valence-corrected chi connectivity index (χ1v) is 3.08. The molecular formula is C5H12BNO. The van der Waals surface area contributed by atoms with Gasteiger partial charge in [-0.3, -0.25) is 0 Å². The van der Waals surface area contributed by atoms with Gasteiger partial charge in [-0.1, -0.05) is 0 Å². The predicted octanol–water partition coefficient (Wildman–Crippen LogP) is -1.09. The first-order valence-electron chi connectivity index (χ1n) is 3.08. The third-order valence-electron chi connectivity index (χ3n) is 1.70. The van der Waals surface area contributed by atoms with Gasteiger partial charge in [0.05, 0.1) is 13.2 Å². The molecule has 1 atom stereocenters. The Kier molecular flexibility index (Phi) is 1.92. The van der Waals surface area contributed by atoms with Gasteiger partial charge in [0.1, 0.15) is 7.85 Å². The van der Waals surface area contributed by atoms with E-state index in [2.05, 4.69) is 19.8 Å². The Morgan fingerprint density at radius 3 is 2.88 bits per heavy atom. The molecular weight excluding hydrogens is 101 g/mol. The summed E-state index contributed by atoms with van der Waals surface area (Å²) in [6.45, 7) is 2.89. The van der Waals surface area contributed by atoms with Crippen LogP contribution in [0.2, 0.25) is 0 Å². The molecule has 1 fully saturated rings. The van der Waals surface area contributed by atoms with Crippen LogP contribution in [0.15, 0.2) is 0 Å². The van der Waals surface area contributed by atoms with Crippen LogP contribution in [0.5, 0.6) is 0 Å². The fourth-order valence-electron chi connectivity index (χ4n) is 0.810. The van der Waals surface area contributed by atoms with Gasteiger partial charge in [-0.2, -0.15) is 0 Å². The largest absolute Gasteiger partial charge is 0.379 e. The lowest BCUT2D eigenvalue weighted by atomic mass is 9.95. The summed E-state index contributed by atoms with van der Waals surface area (Å²) in [5.41, 5.74) is 0. The molecule has 0 aromatic heterocycles. The monoisotopic (exact) mass is 113 g/mol. The molecule has 1 aliphatic heterocycles. The summed E-state index contributed by atoms with van der Waals surface area (Å²) in [6, 6.07) is 0. The zero-order valence-electron chi connectivity index (χ0n) is 5.55. The number of likely N-dealkylation sites (N-methyl/N-ethyl adjacent to an activating group) is 1. The van der Waals surface area contributed by atoms with Gasteiger partial charge in [-0.15, -0.1) is 0 Å². The number of morpholine rings is 1. The van der Waals surface area contributed by atoms with Crippen molar-refractivity contribution >= 4 is 7.85 Å². The van der Waals surface area contributed by atoms with E-state index in [1.54, 1.807) is 0 Å². The smallest absolute Gasteiger partial charge is 0.126 e. The van der Waals surface area contributed by atoms with Crippen LogP contribution in [0.4, 0.5) is 0 Å². The normalized spacial score (nSPS) is 32.9. The third-order valence-corrected chi connectivity index (χ3v) is 1.70. The van der Waals surface area contributed by atoms with Crippen molar-refractivity contribution < 1.29 is 4.74 Å². The van der Waals surface area contributed by atoms with Crippen molar-refractivity contribution in [1.82, 2.24) is 4.90 Å². The highest BCUT2D eigenvalue weighted by molar-refractivity contribution is 6.11. The average molecular weight is 113 g/mol. The van der Waals surface area contributed by atoms with Gasteiger partial charge in [0.2, 0.25) is 0 Å². The lowest BCUT2D eigenvalue weighted by molar-refractivity contribution is 0.0348. The fourth-order valence-corrected chi connectivity index (χ4v) is 0.810.